The first-order chi connectivity index (χ1) is 16.3. The Hall–Kier alpha value is -3.96. The number of hydrogen-bond donors (Lipinski definition) is 3. The minimum absolute atomic E-state index is 0.145. The quantitative estimate of drug-likeness (QED) is 0.374. The molecule has 0 radical (unpaired) electrons. The first kappa shape index (κ1) is 26.3. The van der Waals surface area contributed by atoms with Crippen LogP contribution in [0.1, 0.15) is 25.0 Å². The number of rotatable bonds is 8. The molecule has 0 aliphatic carbocycles. The maximum absolute atomic E-state index is 9.55. The van der Waals surface area contributed by atoms with Crippen molar-refractivity contribution in [1.29, 1.82) is 10.5 Å². The number of piperidine rings is 1. The minimum atomic E-state index is -1.26. The average molecular weight is 471 g/mol. The number of likely N-dealkylation sites (tertiary alicyclic amines) is 1. The second-order valence-corrected chi connectivity index (χ2v) is 7.87. The lowest BCUT2D eigenvalue weighted by atomic mass is 10.1. The number of nitrogens with one attached hydrogen (secondary N) is 1. The Morgan fingerprint density at radius 1 is 1.12 bits per heavy atom. The summed E-state index contributed by atoms with van der Waals surface area (Å²) in [5.74, 6) is -0.00246. The van der Waals surface area contributed by atoms with Gasteiger partial charge in [0, 0.05) is 51.4 Å². The van der Waals surface area contributed by atoms with Crippen molar-refractivity contribution in [3.63, 3.8) is 0 Å². The van der Waals surface area contributed by atoms with Gasteiger partial charge in [-0.2, -0.15) is 10.5 Å². The van der Waals surface area contributed by atoms with Gasteiger partial charge in [0.15, 0.2) is 11.5 Å². The Morgan fingerprint density at radius 3 is 2.35 bits per heavy atom. The number of carboxylic acids is 2. The van der Waals surface area contributed by atoms with Gasteiger partial charge >= 0.3 is 11.9 Å². The molecule has 3 heterocycles. The molecule has 34 heavy (non-hydrogen) atoms. The smallest absolute Gasteiger partial charge is 0.328 e. The van der Waals surface area contributed by atoms with Crippen LogP contribution in [0.2, 0.25) is 0 Å². The lowest BCUT2D eigenvalue weighted by Crippen LogP contribution is -2.32. The van der Waals surface area contributed by atoms with Crippen molar-refractivity contribution in [2.24, 2.45) is 0 Å². The molecule has 2 aliphatic heterocycles. The van der Waals surface area contributed by atoms with Crippen LogP contribution in [0.3, 0.4) is 0 Å². The van der Waals surface area contributed by atoms with Crippen LogP contribution in [0.4, 0.5) is 5.88 Å². The van der Waals surface area contributed by atoms with Gasteiger partial charge in [0.2, 0.25) is 0 Å². The number of nitriles is 2. The zero-order valence-corrected chi connectivity index (χ0v) is 19.2. The van der Waals surface area contributed by atoms with E-state index in [-0.39, 0.29) is 5.57 Å². The van der Waals surface area contributed by atoms with Gasteiger partial charge in [-0.3, -0.25) is 4.90 Å². The topological polar surface area (TPSA) is 157 Å². The van der Waals surface area contributed by atoms with Crippen molar-refractivity contribution in [1.82, 2.24) is 15.1 Å². The molecule has 0 bridgehead atoms. The molecule has 0 saturated carbocycles. The standard InChI is InChI=1S/C19H26N6O.C4H4O4/c1-23(11-12-25-10-7-22-19(25)16(13-20)14-21)18-6-5-17(26-18)15-24-8-3-2-4-9-24;5-3(6)1-2-4(7)8/h5-6,22H,2-4,7-12,15H2,1H3;1-2H,(H,5,6)(H,7,8)/b;2-1+. The number of likely N-dealkylation sites (N-methyl/N-ethyl adjacent to an activating group) is 1. The van der Waals surface area contributed by atoms with Crippen LogP contribution in [-0.4, -0.2) is 78.3 Å². The molecule has 0 amide bonds. The van der Waals surface area contributed by atoms with E-state index in [1.165, 1.54) is 19.3 Å². The van der Waals surface area contributed by atoms with Crippen molar-refractivity contribution < 1.29 is 24.2 Å². The van der Waals surface area contributed by atoms with Gasteiger partial charge in [0.05, 0.1) is 6.54 Å². The van der Waals surface area contributed by atoms with Crippen LogP contribution in [0.25, 0.3) is 0 Å². The summed E-state index contributed by atoms with van der Waals surface area (Å²) < 4.78 is 6.01. The number of carbonyl (C=O) groups is 2. The van der Waals surface area contributed by atoms with Crippen LogP contribution in [0.5, 0.6) is 0 Å². The van der Waals surface area contributed by atoms with Crippen molar-refractivity contribution >= 4 is 17.8 Å². The summed E-state index contributed by atoms with van der Waals surface area (Å²) in [5, 5.41) is 36.9. The third-order valence-corrected chi connectivity index (χ3v) is 5.38. The highest BCUT2D eigenvalue weighted by Crippen LogP contribution is 2.21. The Labute approximate surface area is 198 Å². The lowest BCUT2D eigenvalue weighted by molar-refractivity contribution is -0.134. The molecule has 2 fully saturated rings. The molecule has 1 aromatic rings. The molecule has 11 nitrogen and oxygen atoms in total. The molecule has 3 N–H and O–H groups in total. The van der Waals surface area contributed by atoms with E-state index in [4.69, 9.17) is 25.2 Å². The Kier molecular flexibility index (Phi) is 10.5. The molecule has 0 unspecified atom stereocenters. The molecular weight excluding hydrogens is 440 g/mol. The van der Waals surface area contributed by atoms with Gasteiger partial charge in [0.1, 0.15) is 23.7 Å². The summed E-state index contributed by atoms with van der Waals surface area (Å²) in [6.45, 7) is 6.23. The SMILES string of the molecule is CN(CCN1CCNC1=C(C#N)C#N)c1ccc(CN2CCCCC2)o1.O=C(O)/C=C/C(=O)O. The highest BCUT2D eigenvalue weighted by Gasteiger charge is 2.21. The monoisotopic (exact) mass is 470 g/mol. The van der Waals surface area contributed by atoms with Crippen molar-refractivity contribution in [3.8, 4) is 12.1 Å². The van der Waals surface area contributed by atoms with Gasteiger partial charge in [-0.15, -0.1) is 0 Å². The molecule has 0 atom stereocenters. The van der Waals surface area contributed by atoms with Gasteiger partial charge in [0.25, 0.3) is 0 Å². The number of furan rings is 1. The fourth-order valence-corrected chi connectivity index (χ4v) is 3.65. The van der Waals surface area contributed by atoms with Crippen LogP contribution in [0.15, 0.2) is 40.1 Å². The molecule has 2 saturated heterocycles. The third kappa shape index (κ3) is 8.52. The predicted molar refractivity (Wildman–Crippen MR) is 123 cm³/mol. The highest BCUT2D eigenvalue weighted by molar-refractivity contribution is 5.89. The summed E-state index contributed by atoms with van der Waals surface area (Å²) in [7, 11) is 2.01. The third-order valence-electron chi connectivity index (χ3n) is 5.38. The van der Waals surface area contributed by atoms with E-state index in [0.29, 0.717) is 18.0 Å². The van der Waals surface area contributed by atoms with E-state index in [2.05, 4.69) is 26.1 Å². The number of hydrogen-bond acceptors (Lipinski definition) is 9. The molecule has 2 aliphatic rings. The summed E-state index contributed by atoms with van der Waals surface area (Å²) in [6, 6.07) is 8.01. The summed E-state index contributed by atoms with van der Waals surface area (Å²) >= 11 is 0. The molecule has 0 aromatic carbocycles. The average Bonchev–Trinajstić information content (AvgIpc) is 3.48. The molecule has 11 heteroatoms. The van der Waals surface area contributed by atoms with Crippen LogP contribution in [0, 0.1) is 22.7 Å². The van der Waals surface area contributed by atoms with Crippen LogP contribution < -0.4 is 10.2 Å². The van der Waals surface area contributed by atoms with E-state index in [9.17, 15) is 9.59 Å². The van der Waals surface area contributed by atoms with Crippen molar-refractivity contribution in [3.05, 3.63) is 41.4 Å². The Bertz CT molecular complexity index is 949. The summed E-state index contributed by atoms with van der Waals surface area (Å²) in [5.41, 5.74) is 0.145. The zero-order chi connectivity index (χ0) is 24.9. The van der Waals surface area contributed by atoms with E-state index in [1.807, 2.05) is 25.3 Å². The molecule has 0 spiro atoms. The highest BCUT2D eigenvalue weighted by atomic mass is 16.4. The van der Waals surface area contributed by atoms with Gasteiger partial charge in [-0.25, -0.2) is 9.59 Å². The Morgan fingerprint density at radius 2 is 1.76 bits per heavy atom. The van der Waals surface area contributed by atoms with Gasteiger partial charge in [-0.05, 0) is 32.0 Å². The number of aliphatic carboxylic acids is 2. The first-order valence-corrected chi connectivity index (χ1v) is 11.0. The maximum Gasteiger partial charge on any atom is 0.328 e. The second-order valence-electron chi connectivity index (χ2n) is 7.87. The van der Waals surface area contributed by atoms with Crippen LogP contribution in [-0.2, 0) is 16.1 Å². The molecule has 1 aromatic heterocycles. The van der Waals surface area contributed by atoms with E-state index < -0.39 is 11.9 Å². The number of carboxylic acid groups (broad SMARTS) is 2. The fourth-order valence-electron chi connectivity index (χ4n) is 3.65. The fraction of sp³-hybridized carbons (Fsp3) is 0.478. The maximum atomic E-state index is 9.55. The first-order valence-electron chi connectivity index (χ1n) is 11.0. The molecule has 3 rings (SSSR count). The number of nitrogens with zero attached hydrogens (tertiary/aromatic N) is 5. The largest absolute Gasteiger partial charge is 0.478 e. The number of anilines is 1. The van der Waals surface area contributed by atoms with Crippen molar-refractivity contribution in [2.45, 2.75) is 25.8 Å². The lowest BCUT2D eigenvalue weighted by Gasteiger charge is -2.25. The minimum Gasteiger partial charge on any atom is -0.478 e. The summed E-state index contributed by atoms with van der Waals surface area (Å²) in [6.07, 6.45) is 5.01. The van der Waals surface area contributed by atoms with Gasteiger partial charge < -0.3 is 29.7 Å². The van der Waals surface area contributed by atoms with Gasteiger partial charge in [-0.1, -0.05) is 6.42 Å². The number of allylic oxidation sites excluding steroid dienone is 1. The zero-order valence-electron chi connectivity index (χ0n) is 19.2. The normalized spacial score (nSPS) is 15.6. The van der Waals surface area contributed by atoms with Crippen molar-refractivity contribution in [2.75, 3.05) is 51.2 Å². The van der Waals surface area contributed by atoms with E-state index >= 15 is 0 Å². The second kappa shape index (κ2) is 13.6. The summed E-state index contributed by atoms with van der Waals surface area (Å²) in [4.78, 5) is 25.7. The van der Waals surface area contributed by atoms with E-state index in [0.717, 1.165) is 57.5 Å². The predicted octanol–water partition coefficient (Wildman–Crippen LogP) is 1.58. The van der Waals surface area contributed by atoms with E-state index in [1.54, 1.807) is 0 Å². The Balaban J connectivity index is 0.000000440. The molecular formula is C23H30N6O5. The van der Waals surface area contributed by atoms with Crippen LogP contribution >= 0.6 is 0 Å². The molecule has 182 valence electrons.